The van der Waals surface area contributed by atoms with Gasteiger partial charge in [-0.2, -0.15) is 0 Å². The van der Waals surface area contributed by atoms with Crippen LogP contribution in [0.15, 0.2) is 17.5 Å². The second kappa shape index (κ2) is 6.35. The van der Waals surface area contributed by atoms with Crippen LogP contribution in [-0.4, -0.2) is 42.4 Å². The lowest BCUT2D eigenvalue weighted by Gasteiger charge is -2.20. The first kappa shape index (κ1) is 12.0. The van der Waals surface area contributed by atoms with Gasteiger partial charge in [-0.25, -0.2) is 0 Å². The van der Waals surface area contributed by atoms with Gasteiger partial charge in [0.25, 0.3) is 0 Å². The van der Waals surface area contributed by atoms with Gasteiger partial charge in [-0.05, 0) is 24.3 Å². The molecule has 1 N–H and O–H groups in total. The number of hydrogen-bond acceptors (Lipinski definition) is 4. The van der Waals surface area contributed by atoms with E-state index >= 15 is 0 Å². The van der Waals surface area contributed by atoms with Crippen molar-refractivity contribution in [1.82, 2.24) is 4.90 Å². The highest BCUT2D eigenvalue weighted by molar-refractivity contribution is 7.09. The Morgan fingerprint density at radius 1 is 1.44 bits per heavy atom. The van der Waals surface area contributed by atoms with Crippen LogP contribution >= 0.6 is 11.3 Å². The summed E-state index contributed by atoms with van der Waals surface area (Å²) in [6, 6.07) is 5.06. The van der Waals surface area contributed by atoms with E-state index in [1.807, 2.05) is 11.3 Å². The van der Waals surface area contributed by atoms with Crippen molar-refractivity contribution in [2.75, 3.05) is 26.4 Å². The molecular weight excluding hydrogens is 222 g/mol. The Balaban J connectivity index is 1.72. The van der Waals surface area contributed by atoms with Crippen molar-refractivity contribution >= 4 is 11.3 Å². The number of thiophene rings is 1. The van der Waals surface area contributed by atoms with Crippen molar-refractivity contribution in [1.29, 1.82) is 0 Å². The average molecular weight is 241 g/mol. The molecule has 0 bridgehead atoms. The van der Waals surface area contributed by atoms with E-state index in [1.165, 1.54) is 17.7 Å². The van der Waals surface area contributed by atoms with Crippen LogP contribution in [0.3, 0.4) is 0 Å². The third kappa shape index (κ3) is 3.87. The smallest absolute Gasteiger partial charge is 0.0698 e. The van der Waals surface area contributed by atoms with E-state index in [1.54, 1.807) is 0 Å². The van der Waals surface area contributed by atoms with Crippen LogP contribution < -0.4 is 0 Å². The number of ether oxygens (including phenoxy) is 1. The zero-order valence-corrected chi connectivity index (χ0v) is 10.3. The van der Waals surface area contributed by atoms with Crippen LogP contribution in [0.25, 0.3) is 0 Å². The lowest BCUT2D eigenvalue weighted by atomic mass is 10.4. The standard InChI is InChI=1S/C12H19NO2S/c14-6-8-15-7-5-13(11-3-4-11)10-12-2-1-9-16-12/h1-2,9,11,14H,3-8,10H2. The van der Waals surface area contributed by atoms with Gasteiger partial charge >= 0.3 is 0 Å². The van der Waals surface area contributed by atoms with Gasteiger partial charge in [-0.15, -0.1) is 11.3 Å². The van der Waals surface area contributed by atoms with E-state index in [-0.39, 0.29) is 6.61 Å². The predicted octanol–water partition coefficient (Wildman–Crippen LogP) is 1.72. The topological polar surface area (TPSA) is 32.7 Å². The largest absolute Gasteiger partial charge is 0.394 e. The van der Waals surface area contributed by atoms with Gasteiger partial charge in [-0.3, -0.25) is 4.90 Å². The third-order valence-corrected chi connectivity index (χ3v) is 3.62. The zero-order chi connectivity index (χ0) is 11.2. The van der Waals surface area contributed by atoms with Crippen molar-refractivity contribution in [3.05, 3.63) is 22.4 Å². The fourth-order valence-electron chi connectivity index (χ4n) is 1.78. The molecule has 1 aromatic heterocycles. The molecule has 1 aromatic rings. The second-order valence-corrected chi connectivity index (χ2v) is 5.15. The normalized spacial score (nSPS) is 15.9. The van der Waals surface area contributed by atoms with E-state index in [2.05, 4.69) is 22.4 Å². The third-order valence-electron chi connectivity index (χ3n) is 2.76. The Morgan fingerprint density at radius 3 is 2.94 bits per heavy atom. The summed E-state index contributed by atoms with van der Waals surface area (Å²) < 4.78 is 5.32. The lowest BCUT2D eigenvalue weighted by molar-refractivity contribution is 0.0704. The first-order chi connectivity index (χ1) is 7.90. The minimum absolute atomic E-state index is 0.119. The first-order valence-electron chi connectivity index (χ1n) is 5.85. The molecule has 1 saturated carbocycles. The van der Waals surface area contributed by atoms with E-state index < -0.39 is 0 Å². The van der Waals surface area contributed by atoms with Gasteiger partial charge in [0.2, 0.25) is 0 Å². The first-order valence-corrected chi connectivity index (χ1v) is 6.73. The Labute approximate surface area is 101 Å². The predicted molar refractivity (Wildman–Crippen MR) is 65.7 cm³/mol. The summed E-state index contributed by atoms with van der Waals surface area (Å²) in [5, 5.41) is 10.8. The van der Waals surface area contributed by atoms with Gasteiger partial charge in [-0.1, -0.05) is 6.07 Å². The van der Waals surface area contributed by atoms with Gasteiger partial charge in [0.05, 0.1) is 19.8 Å². The molecule has 0 saturated heterocycles. The minimum atomic E-state index is 0.119. The maximum Gasteiger partial charge on any atom is 0.0698 e. The van der Waals surface area contributed by atoms with Crippen molar-refractivity contribution in [2.24, 2.45) is 0 Å². The SMILES string of the molecule is OCCOCCN(Cc1cccs1)C1CC1. The Morgan fingerprint density at radius 2 is 2.31 bits per heavy atom. The second-order valence-electron chi connectivity index (χ2n) is 4.12. The fourth-order valence-corrected chi connectivity index (χ4v) is 2.51. The molecule has 0 aromatic carbocycles. The zero-order valence-electron chi connectivity index (χ0n) is 9.47. The van der Waals surface area contributed by atoms with E-state index in [0.717, 1.165) is 25.7 Å². The van der Waals surface area contributed by atoms with Crippen LogP contribution in [0.1, 0.15) is 17.7 Å². The summed E-state index contributed by atoms with van der Waals surface area (Å²) in [6.45, 7) is 3.32. The fraction of sp³-hybridized carbons (Fsp3) is 0.667. The molecule has 0 amide bonds. The maximum atomic E-state index is 8.62. The van der Waals surface area contributed by atoms with Crippen molar-refractivity contribution in [3.63, 3.8) is 0 Å². The summed E-state index contributed by atoms with van der Waals surface area (Å²) in [7, 11) is 0. The lowest BCUT2D eigenvalue weighted by Crippen LogP contribution is -2.29. The number of aliphatic hydroxyl groups excluding tert-OH is 1. The summed E-state index contributed by atoms with van der Waals surface area (Å²) >= 11 is 1.82. The number of rotatable bonds is 8. The highest BCUT2D eigenvalue weighted by atomic mass is 32.1. The molecule has 90 valence electrons. The Kier molecular flexibility index (Phi) is 4.78. The molecule has 4 heteroatoms. The van der Waals surface area contributed by atoms with Gasteiger partial charge < -0.3 is 9.84 Å². The van der Waals surface area contributed by atoms with Gasteiger partial charge in [0.1, 0.15) is 0 Å². The van der Waals surface area contributed by atoms with Crippen LogP contribution in [0.4, 0.5) is 0 Å². The van der Waals surface area contributed by atoms with Crippen molar-refractivity contribution in [3.8, 4) is 0 Å². The number of hydrogen-bond donors (Lipinski definition) is 1. The quantitative estimate of drug-likeness (QED) is 0.703. The molecule has 3 nitrogen and oxygen atoms in total. The highest BCUT2D eigenvalue weighted by Crippen LogP contribution is 2.28. The van der Waals surface area contributed by atoms with Crippen LogP contribution in [0.5, 0.6) is 0 Å². The summed E-state index contributed by atoms with van der Waals surface area (Å²) in [5.74, 6) is 0. The molecule has 0 aliphatic heterocycles. The molecule has 1 aliphatic rings. The molecule has 0 atom stereocenters. The minimum Gasteiger partial charge on any atom is -0.394 e. The summed E-state index contributed by atoms with van der Waals surface area (Å²) in [4.78, 5) is 3.91. The maximum absolute atomic E-state index is 8.62. The Hall–Kier alpha value is -0.420. The highest BCUT2D eigenvalue weighted by Gasteiger charge is 2.28. The molecular formula is C12H19NO2S. The molecule has 1 heterocycles. The number of aliphatic hydroxyl groups is 1. The molecule has 1 fully saturated rings. The van der Waals surface area contributed by atoms with E-state index in [9.17, 15) is 0 Å². The van der Waals surface area contributed by atoms with Gasteiger partial charge in [0, 0.05) is 24.0 Å². The summed E-state index contributed by atoms with van der Waals surface area (Å²) in [5.41, 5.74) is 0. The molecule has 1 aliphatic carbocycles. The van der Waals surface area contributed by atoms with Crippen molar-refractivity contribution < 1.29 is 9.84 Å². The molecule has 0 unspecified atom stereocenters. The molecule has 2 rings (SSSR count). The molecule has 0 spiro atoms. The monoisotopic (exact) mass is 241 g/mol. The van der Waals surface area contributed by atoms with Crippen molar-refractivity contribution in [2.45, 2.75) is 25.4 Å². The number of nitrogens with zero attached hydrogens (tertiary/aromatic N) is 1. The van der Waals surface area contributed by atoms with E-state index in [0.29, 0.717) is 6.61 Å². The van der Waals surface area contributed by atoms with Crippen LogP contribution in [-0.2, 0) is 11.3 Å². The van der Waals surface area contributed by atoms with Crippen LogP contribution in [0, 0.1) is 0 Å². The van der Waals surface area contributed by atoms with Crippen LogP contribution in [0.2, 0.25) is 0 Å². The molecule has 0 radical (unpaired) electrons. The molecule has 16 heavy (non-hydrogen) atoms. The van der Waals surface area contributed by atoms with Gasteiger partial charge in [0.15, 0.2) is 0 Å². The summed E-state index contributed by atoms with van der Waals surface area (Å²) in [6.07, 6.45) is 2.65. The Bertz CT molecular complexity index is 285. The average Bonchev–Trinajstić information content (AvgIpc) is 3.02. The van der Waals surface area contributed by atoms with E-state index in [4.69, 9.17) is 9.84 Å².